The molecule has 2 nitrogen and oxygen atoms in total. The van der Waals surface area contributed by atoms with Crippen LogP contribution in [0.1, 0.15) is 29.2 Å². The number of halogens is 7. The van der Waals surface area contributed by atoms with Crippen molar-refractivity contribution >= 4 is 0 Å². The van der Waals surface area contributed by atoms with Gasteiger partial charge in [-0.05, 0) is 25.1 Å². The highest BCUT2D eigenvalue weighted by Crippen LogP contribution is 2.40. The SMILES string of the molecule is NCC[C@@H](N)c1c(F)cc(C(F)(F)F)cc1C(F)(F)F. The summed E-state index contributed by atoms with van der Waals surface area (Å²) < 4.78 is 89.2. The summed E-state index contributed by atoms with van der Waals surface area (Å²) in [6, 6.07) is -1.57. The second kappa shape index (κ2) is 5.57. The number of benzene rings is 1. The van der Waals surface area contributed by atoms with Gasteiger partial charge in [0.25, 0.3) is 0 Å². The molecule has 0 aliphatic rings. The van der Waals surface area contributed by atoms with Gasteiger partial charge in [-0.15, -0.1) is 0 Å². The Kier molecular flexibility index (Phi) is 4.65. The van der Waals surface area contributed by atoms with Gasteiger partial charge in [0.15, 0.2) is 0 Å². The lowest BCUT2D eigenvalue weighted by Crippen LogP contribution is -2.23. The fourth-order valence-corrected chi connectivity index (χ4v) is 1.72. The van der Waals surface area contributed by atoms with Gasteiger partial charge in [-0.2, -0.15) is 26.3 Å². The van der Waals surface area contributed by atoms with Gasteiger partial charge in [0.1, 0.15) is 5.82 Å². The fraction of sp³-hybridized carbons (Fsp3) is 0.455. The minimum atomic E-state index is -5.15. The van der Waals surface area contributed by atoms with Crippen LogP contribution in [0.5, 0.6) is 0 Å². The highest BCUT2D eigenvalue weighted by molar-refractivity contribution is 5.38. The average Bonchev–Trinajstić information content (AvgIpc) is 2.25. The Bertz CT molecular complexity index is 479. The van der Waals surface area contributed by atoms with Crippen molar-refractivity contribution < 1.29 is 30.7 Å². The first-order chi connectivity index (χ1) is 8.98. The van der Waals surface area contributed by atoms with Crippen molar-refractivity contribution in [3.8, 4) is 0 Å². The van der Waals surface area contributed by atoms with Gasteiger partial charge < -0.3 is 11.5 Å². The van der Waals surface area contributed by atoms with Crippen LogP contribution in [0.15, 0.2) is 12.1 Å². The molecule has 0 amide bonds. The van der Waals surface area contributed by atoms with Gasteiger partial charge >= 0.3 is 12.4 Å². The zero-order valence-electron chi connectivity index (χ0n) is 9.95. The zero-order valence-corrected chi connectivity index (χ0v) is 9.95. The third kappa shape index (κ3) is 3.60. The summed E-state index contributed by atoms with van der Waals surface area (Å²) in [7, 11) is 0. The van der Waals surface area contributed by atoms with Crippen molar-refractivity contribution in [2.45, 2.75) is 24.8 Å². The van der Waals surface area contributed by atoms with Crippen molar-refractivity contribution in [3.05, 3.63) is 34.6 Å². The molecule has 0 fully saturated rings. The van der Waals surface area contributed by atoms with Crippen LogP contribution >= 0.6 is 0 Å². The Labute approximate surface area is 109 Å². The fourth-order valence-electron chi connectivity index (χ4n) is 1.72. The molecule has 1 aromatic rings. The number of hydrogen-bond donors (Lipinski definition) is 2. The van der Waals surface area contributed by atoms with E-state index in [0.717, 1.165) is 0 Å². The minimum Gasteiger partial charge on any atom is -0.330 e. The molecule has 0 bridgehead atoms. The van der Waals surface area contributed by atoms with Gasteiger partial charge in [-0.3, -0.25) is 0 Å². The van der Waals surface area contributed by atoms with Crippen LogP contribution in [0, 0.1) is 5.82 Å². The van der Waals surface area contributed by atoms with Crippen LogP contribution < -0.4 is 11.5 Å². The van der Waals surface area contributed by atoms with E-state index in [1.54, 1.807) is 0 Å². The molecular formula is C11H11F7N2. The van der Waals surface area contributed by atoms with Gasteiger partial charge in [0, 0.05) is 11.6 Å². The zero-order chi connectivity index (χ0) is 15.7. The van der Waals surface area contributed by atoms with Gasteiger partial charge in [0.05, 0.1) is 11.1 Å². The highest BCUT2D eigenvalue weighted by atomic mass is 19.4. The topological polar surface area (TPSA) is 52.0 Å². The molecule has 0 heterocycles. The molecule has 4 N–H and O–H groups in total. The normalized spacial score (nSPS) is 14.4. The van der Waals surface area contributed by atoms with Crippen LogP contribution in [-0.4, -0.2) is 6.54 Å². The van der Waals surface area contributed by atoms with Gasteiger partial charge in [-0.1, -0.05) is 0 Å². The first-order valence-electron chi connectivity index (χ1n) is 5.42. The smallest absolute Gasteiger partial charge is 0.330 e. The second-order valence-corrected chi connectivity index (χ2v) is 4.10. The quantitative estimate of drug-likeness (QED) is 0.843. The predicted octanol–water partition coefficient (Wildman–Crippen LogP) is 3.21. The van der Waals surface area contributed by atoms with Crippen LogP contribution in [0.25, 0.3) is 0 Å². The maximum absolute atomic E-state index is 13.6. The van der Waals surface area contributed by atoms with E-state index in [9.17, 15) is 30.7 Å². The van der Waals surface area contributed by atoms with Crippen LogP contribution in [0.2, 0.25) is 0 Å². The first kappa shape index (κ1) is 16.7. The summed E-state index contributed by atoms with van der Waals surface area (Å²) in [4.78, 5) is 0. The minimum absolute atomic E-state index is 0.000943. The first-order valence-corrected chi connectivity index (χ1v) is 5.42. The van der Waals surface area contributed by atoms with E-state index >= 15 is 0 Å². The lowest BCUT2D eigenvalue weighted by atomic mass is 9.95. The summed E-state index contributed by atoms with van der Waals surface area (Å²) in [5, 5.41) is 0. The van der Waals surface area contributed by atoms with Crippen LogP contribution in [0.3, 0.4) is 0 Å². The van der Waals surface area contributed by atoms with Crippen molar-refractivity contribution in [3.63, 3.8) is 0 Å². The second-order valence-electron chi connectivity index (χ2n) is 4.10. The van der Waals surface area contributed by atoms with Crippen molar-refractivity contribution in [2.75, 3.05) is 6.54 Å². The molecule has 0 aromatic heterocycles. The molecule has 20 heavy (non-hydrogen) atoms. The molecule has 0 aliphatic heterocycles. The van der Waals surface area contributed by atoms with Crippen molar-refractivity contribution in [1.29, 1.82) is 0 Å². The van der Waals surface area contributed by atoms with Gasteiger partial charge in [-0.25, -0.2) is 4.39 Å². The number of alkyl halides is 6. The maximum Gasteiger partial charge on any atom is 0.416 e. The Hall–Kier alpha value is -1.35. The van der Waals surface area contributed by atoms with Gasteiger partial charge in [0.2, 0.25) is 0 Å². The standard InChI is InChI=1S/C11H11F7N2/c12-7-4-5(10(13,14)15)3-6(11(16,17)18)9(7)8(20)1-2-19/h3-4,8H,1-2,19-20H2/t8-/m1/s1. The third-order valence-corrected chi connectivity index (χ3v) is 2.61. The number of rotatable bonds is 3. The lowest BCUT2D eigenvalue weighted by Gasteiger charge is -2.20. The Morgan fingerprint density at radius 1 is 1.00 bits per heavy atom. The van der Waals surface area contributed by atoms with Crippen molar-refractivity contribution in [1.82, 2.24) is 0 Å². The Morgan fingerprint density at radius 3 is 1.95 bits per heavy atom. The summed E-state index contributed by atoms with van der Waals surface area (Å²) in [6.07, 6.45) is -10.4. The molecule has 0 aliphatic carbocycles. The van der Waals surface area contributed by atoms with Crippen LogP contribution in [-0.2, 0) is 12.4 Å². The summed E-state index contributed by atoms with van der Waals surface area (Å²) in [5.41, 5.74) is 6.02. The molecule has 0 spiro atoms. The third-order valence-electron chi connectivity index (χ3n) is 2.61. The average molecular weight is 304 g/mol. The maximum atomic E-state index is 13.6. The number of nitrogens with two attached hydrogens (primary N) is 2. The molecule has 1 aromatic carbocycles. The monoisotopic (exact) mass is 304 g/mol. The Balaban J connectivity index is 3.52. The molecule has 0 unspecified atom stereocenters. The molecule has 114 valence electrons. The van der Waals surface area contributed by atoms with E-state index in [0.29, 0.717) is 0 Å². The summed E-state index contributed by atoms with van der Waals surface area (Å²) in [6.45, 7) is -0.126. The van der Waals surface area contributed by atoms with E-state index in [1.165, 1.54) is 0 Å². The molecular weight excluding hydrogens is 293 g/mol. The molecule has 1 atom stereocenters. The van der Waals surface area contributed by atoms with E-state index in [1.807, 2.05) is 0 Å². The molecule has 0 saturated heterocycles. The lowest BCUT2D eigenvalue weighted by molar-refractivity contribution is -0.144. The molecule has 0 saturated carbocycles. The number of hydrogen-bond acceptors (Lipinski definition) is 2. The molecule has 9 heteroatoms. The van der Waals surface area contributed by atoms with Crippen LogP contribution in [0.4, 0.5) is 30.7 Å². The highest BCUT2D eigenvalue weighted by Gasteiger charge is 2.40. The molecule has 0 radical (unpaired) electrons. The van der Waals surface area contributed by atoms with E-state index in [2.05, 4.69) is 0 Å². The van der Waals surface area contributed by atoms with E-state index in [4.69, 9.17) is 11.5 Å². The molecule has 1 rings (SSSR count). The predicted molar refractivity (Wildman–Crippen MR) is 57.0 cm³/mol. The largest absolute Gasteiger partial charge is 0.416 e. The van der Waals surface area contributed by atoms with E-state index in [-0.39, 0.29) is 25.1 Å². The van der Waals surface area contributed by atoms with E-state index < -0.39 is 40.9 Å². The Morgan fingerprint density at radius 2 is 1.55 bits per heavy atom. The summed E-state index contributed by atoms with van der Waals surface area (Å²) >= 11 is 0. The van der Waals surface area contributed by atoms with Crippen molar-refractivity contribution in [2.24, 2.45) is 11.5 Å². The summed E-state index contributed by atoms with van der Waals surface area (Å²) in [5.74, 6) is -1.65.